The second kappa shape index (κ2) is 6.89. The van der Waals surface area contributed by atoms with E-state index in [1.807, 2.05) is 18.2 Å². The fourth-order valence-electron chi connectivity index (χ4n) is 3.23. The molecular weight excluding hydrogens is 385 g/mol. The number of nitrogens with two attached hydrogens (primary N) is 1. The van der Waals surface area contributed by atoms with Crippen LogP contribution in [0.5, 0.6) is 0 Å². The smallest absolute Gasteiger partial charge is 0.351 e. The maximum Gasteiger partial charge on any atom is 0.417 e. The molecule has 7 nitrogen and oxygen atoms in total. The highest BCUT2D eigenvalue weighted by molar-refractivity contribution is 5.96. The number of fused-ring (bicyclic) bond motifs is 1. The number of aromatic amines is 1. The molecule has 29 heavy (non-hydrogen) atoms. The van der Waals surface area contributed by atoms with Gasteiger partial charge in [0.15, 0.2) is 0 Å². The normalized spacial score (nSPS) is 11.6. The van der Waals surface area contributed by atoms with Gasteiger partial charge in [0.1, 0.15) is 0 Å². The summed E-state index contributed by atoms with van der Waals surface area (Å²) in [5.41, 5.74) is 3.80. The van der Waals surface area contributed by atoms with Crippen LogP contribution in [-0.4, -0.2) is 26.7 Å². The first-order valence-electron chi connectivity index (χ1n) is 8.38. The molecule has 146 valence electrons. The molecule has 0 radical (unpaired) electrons. The summed E-state index contributed by atoms with van der Waals surface area (Å²) in [4.78, 5) is 11.3. The second-order valence-electron chi connectivity index (χ2n) is 6.20. The Morgan fingerprint density at radius 1 is 1.03 bits per heavy atom. The molecule has 0 aliphatic rings. The summed E-state index contributed by atoms with van der Waals surface area (Å²) in [6, 6.07) is 14.0. The van der Waals surface area contributed by atoms with Gasteiger partial charge in [-0.25, -0.2) is 4.79 Å². The van der Waals surface area contributed by atoms with E-state index in [0.717, 1.165) is 10.8 Å². The number of benzene rings is 3. The van der Waals surface area contributed by atoms with E-state index in [9.17, 15) is 18.0 Å². The van der Waals surface area contributed by atoms with Crippen molar-refractivity contribution < 1.29 is 18.0 Å². The quantitative estimate of drug-likeness (QED) is 0.480. The molecule has 2 amide bonds. The summed E-state index contributed by atoms with van der Waals surface area (Å²) in [5.74, 6) is -0.316. The molecule has 0 aliphatic carbocycles. The van der Waals surface area contributed by atoms with Gasteiger partial charge in [0.2, 0.25) is 5.82 Å². The Bertz CT molecular complexity index is 1200. The van der Waals surface area contributed by atoms with Crippen LogP contribution in [0, 0.1) is 0 Å². The first-order chi connectivity index (χ1) is 13.8. The zero-order chi connectivity index (χ0) is 20.6. The van der Waals surface area contributed by atoms with E-state index in [4.69, 9.17) is 5.73 Å². The number of alkyl halides is 3. The average Bonchev–Trinajstić information content (AvgIpc) is 3.20. The van der Waals surface area contributed by atoms with Gasteiger partial charge in [-0.15, -0.1) is 10.2 Å². The Labute approximate surface area is 161 Å². The molecule has 3 aromatic carbocycles. The number of aromatic nitrogens is 4. The number of primary amides is 1. The van der Waals surface area contributed by atoms with E-state index in [0.29, 0.717) is 5.56 Å². The van der Waals surface area contributed by atoms with Crippen molar-refractivity contribution in [1.82, 2.24) is 20.6 Å². The minimum absolute atomic E-state index is 0.0851. The summed E-state index contributed by atoms with van der Waals surface area (Å²) in [7, 11) is 0. The highest BCUT2D eigenvalue weighted by Gasteiger charge is 2.39. The molecule has 0 saturated carbocycles. The van der Waals surface area contributed by atoms with Crippen molar-refractivity contribution in [2.24, 2.45) is 5.73 Å². The number of hydrogen-bond acceptors (Lipinski definition) is 4. The number of rotatable bonds is 3. The van der Waals surface area contributed by atoms with Crippen molar-refractivity contribution in [3.63, 3.8) is 0 Å². The van der Waals surface area contributed by atoms with Crippen LogP contribution < -0.4 is 11.1 Å². The van der Waals surface area contributed by atoms with Gasteiger partial charge in [0.25, 0.3) is 0 Å². The molecule has 0 aliphatic heterocycles. The Morgan fingerprint density at radius 2 is 1.79 bits per heavy atom. The van der Waals surface area contributed by atoms with E-state index in [2.05, 4.69) is 25.9 Å². The number of H-pyrrole nitrogens is 1. The fourth-order valence-corrected chi connectivity index (χ4v) is 3.23. The first-order valence-corrected chi connectivity index (χ1v) is 8.38. The molecule has 10 heteroatoms. The van der Waals surface area contributed by atoms with Crippen molar-refractivity contribution in [2.75, 3.05) is 5.32 Å². The van der Waals surface area contributed by atoms with Gasteiger partial charge in [-0.1, -0.05) is 42.5 Å². The Balaban J connectivity index is 2.03. The van der Waals surface area contributed by atoms with Gasteiger partial charge >= 0.3 is 12.2 Å². The third kappa shape index (κ3) is 3.47. The minimum atomic E-state index is -4.77. The third-order valence-corrected chi connectivity index (χ3v) is 4.38. The van der Waals surface area contributed by atoms with Crippen LogP contribution >= 0.6 is 0 Å². The Hall–Kier alpha value is -3.95. The summed E-state index contributed by atoms with van der Waals surface area (Å²) in [6.45, 7) is 0. The number of amides is 2. The van der Waals surface area contributed by atoms with Gasteiger partial charge < -0.3 is 11.1 Å². The molecule has 0 spiro atoms. The largest absolute Gasteiger partial charge is 0.417 e. The number of nitrogens with one attached hydrogen (secondary N) is 2. The van der Waals surface area contributed by atoms with Crippen molar-refractivity contribution in [3.8, 4) is 22.5 Å². The lowest BCUT2D eigenvalue weighted by Crippen LogP contribution is -2.21. The summed E-state index contributed by atoms with van der Waals surface area (Å²) >= 11 is 0. The number of hydrogen-bond donors (Lipinski definition) is 3. The molecule has 4 N–H and O–H groups in total. The maximum absolute atomic E-state index is 14.2. The van der Waals surface area contributed by atoms with Gasteiger partial charge in [-0.3, -0.25) is 0 Å². The van der Waals surface area contributed by atoms with Gasteiger partial charge in [-0.2, -0.15) is 18.4 Å². The van der Waals surface area contributed by atoms with Crippen LogP contribution in [0.4, 0.5) is 23.7 Å². The fraction of sp³-hybridized carbons (Fsp3) is 0.0526. The van der Waals surface area contributed by atoms with E-state index in [1.54, 1.807) is 24.3 Å². The predicted molar refractivity (Wildman–Crippen MR) is 101 cm³/mol. The van der Waals surface area contributed by atoms with Crippen molar-refractivity contribution in [1.29, 1.82) is 0 Å². The zero-order valence-corrected chi connectivity index (χ0v) is 14.7. The number of halogens is 3. The van der Waals surface area contributed by atoms with Crippen LogP contribution in [-0.2, 0) is 6.18 Å². The molecule has 0 saturated heterocycles. The van der Waals surface area contributed by atoms with Crippen LogP contribution in [0.2, 0.25) is 0 Å². The Kier molecular flexibility index (Phi) is 4.38. The molecule has 0 unspecified atom stereocenters. The molecule has 0 atom stereocenters. The molecule has 4 rings (SSSR count). The topological polar surface area (TPSA) is 110 Å². The Morgan fingerprint density at radius 3 is 2.45 bits per heavy atom. The molecular formula is C19H13F3N6O. The third-order valence-electron chi connectivity index (χ3n) is 4.38. The minimum Gasteiger partial charge on any atom is -0.351 e. The van der Waals surface area contributed by atoms with E-state index < -0.39 is 23.3 Å². The van der Waals surface area contributed by atoms with E-state index >= 15 is 0 Å². The van der Waals surface area contributed by atoms with E-state index in [-0.39, 0.29) is 17.1 Å². The summed E-state index contributed by atoms with van der Waals surface area (Å²) < 4.78 is 42.6. The van der Waals surface area contributed by atoms with E-state index in [1.165, 1.54) is 12.1 Å². The molecule has 4 aromatic rings. The number of anilines is 1. The van der Waals surface area contributed by atoms with Crippen LogP contribution in [0.15, 0.2) is 54.6 Å². The van der Waals surface area contributed by atoms with Gasteiger partial charge in [0.05, 0.1) is 16.8 Å². The highest BCUT2D eigenvalue weighted by Crippen LogP contribution is 2.45. The second-order valence-corrected chi connectivity index (χ2v) is 6.20. The monoisotopic (exact) mass is 398 g/mol. The molecule has 0 bridgehead atoms. The molecule has 1 heterocycles. The van der Waals surface area contributed by atoms with Crippen LogP contribution in [0.3, 0.4) is 0 Å². The van der Waals surface area contributed by atoms with Crippen LogP contribution in [0.1, 0.15) is 5.56 Å². The summed E-state index contributed by atoms with van der Waals surface area (Å²) in [5, 5.41) is 16.7. The highest BCUT2D eigenvalue weighted by atomic mass is 19.4. The lowest BCUT2D eigenvalue weighted by Gasteiger charge is -2.19. The van der Waals surface area contributed by atoms with Crippen molar-refractivity contribution in [2.45, 2.75) is 6.18 Å². The number of urea groups is 1. The number of nitrogens with zero attached hydrogens (tertiary/aromatic N) is 3. The average molecular weight is 398 g/mol. The number of tetrazole rings is 1. The van der Waals surface area contributed by atoms with Gasteiger partial charge in [-0.05, 0) is 39.2 Å². The predicted octanol–water partition coefficient (Wildman–Crippen LogP) is 4.20. The zero-order valence-electron chi connectivity index (χ0n) is 14.7. The standard InChI is InChI=1S/C19H13F3N6O/c20-19(21,22)16-13(12-6-5-10-3-1-2-4-11(10)9-12)7-8-14(24-18(23)29)15(16)17-25-27-28-26-17/h1-9H,(H3,23,24,29)(H,25,26,27,28). The SMILES string of the molecule is NC(=O)Nc1ccc(-c2ccc3ccccc3c2)c(C(F)(F)F)c1-c1nn[nH]n1. The van der Waals surface area contributed by atoms with Crippen molar-refractivity contribution in [3.05, 3.63) is 60.2 Å². The molecule has 0 fully saturated rings. The molecule has 1 aromatic heterocycles. The van der Waals surface area contributed by atoms with Crippen LogP contribution in [0.25, 0.3) is 33.3 Å². The van der Waals surface area contributed by atoms with Gasteiger partial charge in [0, 0.05) is 0 Å². The lowest BCUT2D eigenvalue weighted by atomic mass is 9.92. The van der Waals surface area contributed by atoms with Crippen molar-refractivity contribution >= 4 is 22.5 Å². The first kappa shape index (κ1) is 18.4. The number of carbonyl (C=O) groups excluding carboxylic acids is 1. The maximum atomic E-state index is 14.2. The lowest BCUT2D eigenvalue weighted by molar-refractivity contribution is -0.136. The number of carbonyl (C=O) groups is 1. The summed E-state index contributed by atoms with van der Waals surface area (Å²) in [6.07, 6.45) is -4.77.